The molecule has 0 heterocycles. The number of nitrogens with one attached hydrogen (secondary N) is 2. The summed E-state index contributed by atoms with van der Waals surface area (Å²) < 4.78 is 26.4. The van der Waals surface area contributed by atoms with E-state index in [4.69, 9.17) is 0 Å². The molecule has 0 saturated heterocycles. The maximum Gasteiger partial charge on any atom is 0.235 e. The van der Waals surface area contributed by atoms with Gasteiger partial charge in [0.15, 0.2) is 0 Å². The van der Waals surface area contributed by atoms with Crippen molar-refractivity contribution < 1.29 is 8.42 Å². The van der Waals surface area contributed by atoms with E-state index in [0.717, 1.165) is 12.1 Å². The summed E-state index contributed by atoms with van der Waals surface area (Å²) in [5.41, 5.74) is 7.26. The van der Waals surface area contributed by atoms with Crippen molar-refractivity contribution in [2.45, 2.75) is 51.8 Å². The Kier molecular flexibility index (Phi) is 5.04. The molecule has 0 unspecified atom stereocenters. The van der Waals surface area contributed by atoms with E-state index >= 15 is 0 Å². The van der Waals surface area contributed by atoms with E-state index in [1.807, 2.05) is 24.3 Å². The van der Waals surface area contributed by atoms with Crippen LogP contribution in [0.1, 0.15) is 42.5 Å². The van der Waals surface area contributed by atoms with Crippen molar-refractivity contribution in [1.29, 1.82) is 0 Å². The third-order valence-electron chi connectivity index (χ3n) is 4.89. The van der Waals surface area contributed by atoms with Gasteiger partial charge in [-0.1, -0.05) is 18.2 Å². The number of anilines is 2. The van der Waals surface area contributed by atoms with Gasteiger partial charge in [-0.25, -0.2) is 8.42 Å². The van der Waals surface area contributed by atoms with Gasteiger partial charge in [0.25, 0.3) is 0 Å². The maximum absolute atomic E-state index is 11.9. The minimum Gasteiger partial charge on any atom is -0.381 e. The van der Waals surface area contributed by atoms with E-state index < -0.39 is 15.3 Å². The molecule has 5 heteroatoms. The molecule has 25 heavy (non-hydrogen) atoms. The lowest BCUT2D eigenvalue weighted by molar-refractivity contribution is 0.593. The Morgan fingerprint density at radius 1 is 1.04 bits per heavy atom. The molecule has 0 atom stereocenters. The van der Waals surface area contributed by atoms with Gasteiger partial charge in [0.2, 0.25) is 10.0 Å². The Hall–Kier alpha value is -2.01. The Morgan fingerprint density at radius 2 is 1.76 bits per heavy atom. The van der Waals surface area contributed by atoms with E-state index in [1.54, 1.807) is 13.8 Å². The first-order valence-corrected chi connectivity index (χ1v) is 10.4. The maximum atomic E-state index is 11.9. The van der Waals surface area contributed by atoms with Gasteiger partial charge in [-0.15, -0.1) is 0 Å². The highest BCUT2D eigenvalue weighted by atomic mass is 32.2. The summed E-state index contributed by atoms with van der Waals surface area (Å²) in [4.78, 5) is 0. The molecule has 1 aliphatic carbocycles. The molecule has 0 radical (unpaired) electrons. The monoisotopic (exact) mass is 358 g/mol. The Morgan fingerprint density at radius 3 is 2.44 bits per heavy atom. The molecule has 3 rings (SSSR count). The molecule has 0 fully saturated rings. The third-order valence-corrected chi connectivity index (χ3v) is 6.65. The number of fused-ring (bicyclic) bond motifs is 1. The predicted molar refractivity (Wildman–Crippen MR) is 105 cm³/mol. The predicted octanol–water partition coefficient (Wildman–Crippen LogP) is 4.25. The molecule has 0 aromatic heterocycles. The van der Waals surface area contributed by atoms with Crippen molar-refractivity contribution in [1.82, 2.24) is 0 Å². The number of hydrogen-bond donors (Lipinski definition) is 2. The summed E-state index contributed by atoms with van der Waals surface area (Å²) in [6.07, 6.45) is 3.64. The van der Waals surface area contributed by atoms with Crippen molar-refractivity contribution in [2.24, 2.45) is 0 Å². The summed E-state index contributed by atoms with van der Waals surface area (Å²) in [6.45, 7) is 6.24. The van der Waals surface area contributed by atoms with Crippen LogP contribution in [0, 0.1) is 6.92 Å². The van der Waals surface area contributed by atoms with E-state index in [2.05, 4.69) is 29.1 Å². The van der Waals surface area contributed by atoms with Crippen molar-refractivity contribution in [2.75, 3.05) is 10.0 Å². The second kappa shape index (κ2) is 7.08. The minimum absolute atomic E-state index is 0.448. The third kappa shape index (κ3) is 3.98. The first-order valence-electron chi connectivity index (χ1n) is 8.82. The molecule has 0 bridgehead atoms. The van der Waals surface area contributed by atoms with Gasteiger partial charge in [-0.3, -0.25) is 4.72 Å². The first-order chi connectivity index (χ1) is 11.9. The van der Waals surface area contributed by atoms with Crippen molar-refractivity contribution in [3.05, 3.63) is 58.7 Å². The molecule has 4 nitrogen and oxygen atoms in total. The SMILES string of the molecule is Cc1c(NCc2ccc(NS(=O)(=O)C(C)C)cc2)ccc2c1CCC2. The molecule has 1 aliphatic rings. The molecule has 0 aliphatic heterocycles. The highest BCUT2D eigenvalue weighted by Gasteiger charge is 2.16. The molecule has 2 aromatic carbocycles. The van der Waals surface area contributed by atoms with Crippen LogP contribution in [0.4, 0.5) is 11.4 Å². The topological polar surface area (TPSA) is 58.2 Å². The van der Waals surface area contributed by atoms with E-state index in [9.17, 15) is 8.42 Å². The van der Waals surface area contributed by atoms with Crippen LogP contribution in [0.15, 0.2) is 36.4 Å². The summed E-state index contributed by atoms with van der Waals surface area (Å²) in [6, 6.07) is 11.9. The van der Waals surface area contributed by atoms with Crippen LogP contribution in [-0.2, 0) is 29.4 Å². The lowest BCUT2D eigenvalue weighted by Crippen LogP contribution is -2.22. The number of hydrogen-bond acceptors (Lipinski definition) is 3. The van der Waals surface area contributed by atoms with Crippen molar-refractivity contribution in [3.8, 4) is 0 Å². The normalized spacial score (nSPS) is 13.8. The van der Waals surface area contributed by atoms with Gasteiger partial charge < -0.3 is 5.32 Å². The van der Waals surface area contributed by atoms with Gasteiger partial charge in [-0.05, 0) is 80.5 Å². The van der Waals surface area contributed by atoms with Gasteiger partial charge in [-0.2, -0.15) is 0 Å². The highest BCUT2D eigenvalue weighted by molar-refractivity contribution is 7.93. The molecule has 0 amide bonds. The number of aryl methyl sites for hydroxylation is 1. The Labute approximate surface area is 150 Å². The minimum atomic E-state index is -3.30. The summed E-state index contributed by atoms with van der Waals surface area (Å²) in [5, 5.41) is 3.06. The van der Waals surface area contributed by atoms with Gasteiger partial charge in [0.05, 0.1) is 5.25 Å². The summed E-state index contributed by atoms with van der Waals surface area (Å²) >= 11 is 0. The van der Waals surface area contributed by atoms with Crippen LogP contribution >= 0.6 is 0 Å². The molecule has 134 valence electrons. The number of sulfonamides is 1. The van der Waals surface area contributed by atoms with Crippen molar-refractivity contribution in [3.63, 3.8) is 0 Å². The lowest BCUT2D eigenvalue weighted by Gasteiger charge is -2.14. The smallest absolute Gasteiger partial charge is 0.235 e. The second-order valence-corrected chi connectivity index (χ2v) is 9.21. The highest BCUT2D eigenvalue weighted by Crippen LogP contribution is 2.30. The quantitative estimate of drug-likeness (QED) is 0.812. The van der Waals surface area contributed by atoms with Crippen molar-refractivity contribution >= 4 is 21.4 Å². The van der Waals surface area contributed by atoms with Gasteiger partial charge in [0.1, 0.15) is 0 Å². The van der Waals surface area contributed by atoms with Crippen LogP contribution in [-0.4, -0.2) is 13.7 Å². The molecule has 0 saturated carbocycles. The van der Waals surface area contributed by atoms with E-state index in [0.29, 0.717) is 5.69 Å². The molecule has 2 N–H and O–H groups in total. The fraction of sp³-hybridized carbons (Fsp3) is 0.400. The molecular weight excluding hydrogens is 332 g/mol. The van der Waals surface area contributed by atoms with Gasteiger partial charge >= 0.3 is 0 Å². The van der Waals surface area contributed by atoms with Gasteiger partial charge in [0, 0.05) is 17.9 Å². The Balaban J connectivity index is 1.65. The van der Waals surface area contributed by atoms with E-state index in [1.165, 1.54) is 41.6 Å². The zero-order valence-corrected chi connectivity index (χ0v) is 15.9. The average Bonchev–Trinajstić information content (AvgIpc) is 3.05. The fourth-order valence-corrected chi connectivity index (χ4v) is 3.91. The van der Waals surface area contributed by atoms with E-state index in [-0.39, 0.29) is 0 Å². The fourth-order valence-electron chi connectivity index (χ4n) is 3.21. The van der Waals surface area contributed by atoms with Crippen LogP contribution in [0.25, 0.3) is 0 Å². The lowest BCUT2D eigenvalue weighted by atomic mass is 10.0. The summed E-state index contributed by atoms with van der Waals surface area (Å²) in [5.74, 6) is 0. The summed E-state index contributed by atoms with van der Waals surface area (Å²) in [7, 11) is -3.30. The first kappa shape index (κ1) is 17.8. The largest absolute Gasteiger partial charge is 0.381 e. The van der Waals surface area contributed by atoms with Crippen LogP contribution in [0.3, 0.4) is 0 Å². The molecular formula is C20H26N2O2S. The van der Waals surface area contributed by atoms with Crippen LogP contribution < -0.4 is 10.0 Å². The van der Waals surface area contributed by atoms with Crippen LogP contribution in [0.2, 0.25) is 0 Å². The molecule has 0 spiro atoms. The number of benzene rings is 2. The zero-order chi connectivity index (χ0) is 18.0. The number of rotatable bonds is 6. The zero-order valence-electron chi connectivity index (χ0n) is 15.1. The standard InChI is InChI=1S/C20H26N2O2S/c1-14(2)25(23,24)22-18-10-7-16(8-11-18)13-21-20-12-9-17-5-4-6-19(17)15(20)3/h7-12,14,21-22H,4-6,13H2,1-3H3. The average molecular weight is 359 g/mol. The second-order valence-electron chi connectivity index (χ2n) is 6.98. The van der Waals surface area contributed by atoms with Crippen LogP contribution in [0.5, 0.6) is 0 Å². The Bertz CT molecular complexity index is 856. The molecule has 2 aromatic rings.